The van der Waals surface area contributed by atoms with Gasteiger partial charge in [-0.15, -0.1) is 5.10 Å². The number of guanidine groups is 1. The number of halogens is 1. The molecule has 0 aliphatic heterocycles. The van der Waals surface area contributed by atoms with Crippen molar-refractivity contribution in [3.63, 3.8) is 0 Å². The zero-order valence-electron chi connectivity index (χ0n) is 23.4. The van der Waals surface area contributed by atoms with Gasteiger partial charge in [0.25, 0.3) is 5.91 Å². The van der Waals surface area contributed by atoms with Crippen LogP contribution < -0.4 is 33.2 Å². The summed E-state index contributed by atoms with van der Waals surface area (Å²) in [6.45, 7) is 0.465. The highest BCUT2D eigenvalue weighted by atomic mass is 19.1. The summed E-state index contributed by atoms with van der Waals surface area (Å²) < 4.78 is 15.6. The number of carbonyl (C=O) groups excluding carboxylic acids is 2. The number of carbonyl (C=O) groups is 2. The molecule has 1 amide bonds. The maximum atomic E-state index is 14.1. The number of nitrogens with one attached hydrogen (secondary N) is 3. The highest BCUT2D eigenvalue weighted by Gasteiger charge is 2.27. The molecule has 3 aromatic rings. The fourth-order valence-corrected chi connectivity index (χ4v) is 5.25. The minimum Gasteiger partial charge on any atom is -0.379 e. The number of aliphatic imine (C=N–C) groups is 1. The molecule has 2 saturated carbocycles. The Kier molecular flexibility index (Phi) is 9.10. The van der Waals surface area contributed by atoms with Crippen molar-refractivity contribution in [2.45, 2.75) is 75.9 Å². The molecule has 0 radical (unpaired) electrons. The molecule has 5 rings (SSSR count). The van der Waals surface area contributed by atoms with Gasteiger partial charge < -0.3 is 33.2 Å². The number of aromatic nitrogens is 4. The fraction of sp³-hybridized carbons (Fsp3) is 0.500. The quantitative estimate of drug-likeness (QED) is 0.0991. The predicted molar refractivity (Wildman–Crippen MR) is 159 cm³/mol. The van der Waals surface area contributed by atoms with Crippen LogP contribution in [0.5, 0.6) is 0 Å². The Morgan fingerprint density at radius 3 is 2.52 bits per heavy atom. The molecule has 0 unspecified atom stereocenters. The third-order valence-electron chi connectivity index (χ3n) is 7.73. The second-order valence-electron chi connectivity index (χ2n) is 11.1. The highest BCUT2D eigenvalue weighted by molar-refractivity contribution is 6.03. The van der Waals surface area contributed by atoms with E-state index in [1.165, 1.54) is 23.0 Å². The molecule has 2 aliphatic carbocycles. The van der Waals surface area contributed by atoms with Crippen molar-refractivity contribution in [2.75, 3.05) is 22.5 Å². The van der Waals surface area contributed by atoms with Crippen LogP contribution in [0.4, 0.5) is 21.6 Å². The van der Waals surface area contributed by atoms with Crippen LogP contribution in [0.3, 0.4) is 0 Å². The van der Waals surface area contributed by atoms with Gasteiger partial charge in [0.15, 0.2) is 23.1 Å². The van der Waals surface area contributed by atoms with Gasteiger partial charge in [0.1, 0.15) is 11.6 Å². The van der Waals surface area contributed by atoms with Gasteiger partial charge in [-0.2, -0.15) is 0 Å². The lowest BCUT2D eigenvalue weighted by Gasteiger charge is -2.29. The second-order valence-corrected chi connectivity index (χ2v) is 11.1. The third-order valence-corrected chi connectivity index (χ3v) is 7.73. The molecule has 2 fully saturated rings. The standard InChI is InChI=1S/C28H38FN11O2/c29-19-14-33-11-9-21(19)38-27(42)23-15-35-26-22(36-17-7-8-17)13-25(39-40(23)26)37-18-5-3-16(4-6-18)12-24(41)20(30)2-1-10-34-28(31)32/h9,11,13-18,20,36H,1-8,10,12,30H2,(H,37,39)(H4,31,32,34)(H,33,38,42)/t16?,18?,20-/m0/s1. The molecule has 9 N–H and O–H groups in total. The van der Waals surface area contributed by atoms with Crippen molar-refractivity contribution in [2.24, 2.45) is 28.1 Å². The number of Topliss-reactive ketones (excluding diaryl/α,β-unsaturated/α-hetero) is 1. The van der Waals surface area contributed by atoms with Crippen molar-refractivity contribution < 1.29 is 14.0 Å². The first-order valence-electron chi connectivity index (χ1n) is 14.4. The lowest BCUT2D eigenvalue weighted by Crippen LogP contribution is -2.34. The van der Waals surface area contributed by atoms with Gasteiger partial charge >= 0.3 is 0 Å². The lowest BCUT2D eigenvalue weighted by atomic mass is 9.82. The van der Waals surface area contributed by atoms with Crippen LogP contribution in [0.15, 0.2) is 35.7 Å². The normalized spacial score (nSPS) is 19.2. The first kappa shape index (κ1) is 29.2. The van der Waals surface area contributed by atoms with Crippen molar-refractivity contribution in [3.8, 4) is 0 Å². The highest BCUT2D eigenvalue weighted by Crippen LogP contribution is 2.32. The van der Waals surface area contributed by atoms with Gasteiger partial charge in [0.2, 0.25) is 0 Å². The fourth-order valence-electron chi connectivity index (χ4n) is 5.25. The predicted octanol–water partition coefficient (Wildman–Crippen LogP) is 2.40. The van der Waals surface area contributed by atoms with Gasteiger partial charge in [-0.05, 0) is 63.4 Å². The average Bonchev–Trinajstić information content (AvgIpc) is 3.68. The summed E-state index contributed by atoms with van der Waals surface area (Å²) in [5.74, 6) is -0.145. The monoisotopic (exact) mass is 579 g/mol. The van der Waals surface area contributed by atoms with Crippen LogP contribution >= 0.6 is 0 Å². The Balaban J connectivity index is 1.21. The zero-order valence-corrected chi connectivity index (χ0v) is 23.4. The number of imidazole rings is 1. The Labute approximate surface area is 242 Å². The van der Waals surface area contributed by atoms with Gasteiger partial charge in [0.05, 0.1) is 29.8 Å². The van der Waals surface area contributed by atoms with Gasteiger partial charge in [-0.25, -0.2) is 13.9 Å². The summed E-state index contributed by atoms with van der Waals surface area (Å²) in [5.41, 5.74) is 18.3. The number of fused-ring (bicyclic) bond motifs is 1. The molecular formula is C28H38FN11O2. The maximum absolute atomic E-state index is 14.1. The number of hydrogen-bond donors (Lipinski definition) is 6. The van der Waals surface area contributed by atoms with Crippen LogP contribution in [0.25, 0.3) is 5.65 Å². The van der Waals surface area contributed by atoms with Crippen LogP contribution in [0, 0.1) is 11.7 Å². The number of amides is 1. The molecule has 0 aromatic carbocycles. The minimum atomic E-state index is -0.631. The van der Waals surface area contributed by atoms with E-state index in [-0.39, 0.29) is 29.2 Å². The van der Waals surface area contributed by atoms with E-state index in [1.54, 1.807) is 0 Å². The maximum Gasteiger partial charge on any atom is 0.276 e. The van der Waals surface area contributed by atoms with Gasteiger partial charge in [0, 0.05) is 37.3 Å². The summed E-state index contributed by atoms with van der Waals surface area (Å²) in [4.78, 5) is 37.8. The first-order valence-corrected chi connectivity index (χ1v) is 14.4. The van der Waals surface area contributed by atoms with E-state index in [9.17, 15) is 14.0 Å². The second kappa shape index (κ2) is 13.1. The molecule has 0 bridgehead atoms. The number of anilines is 3. The number of nitrogens with two attached hydrogens (primary N) is 3. The Morgan fingerprint density at radius 2 is 1.81 bits per heavy atom. The number of rotatable bonds is 13. The number of hydrogen-bond acceptors (Lipinski definition) is 9. The molecule has 224 valence electrons. The topological polar surface area (TPSA) is 204 Å². The Bertz CT molecular complexity index is 1440. The first-order chi connectivity index (χ1) is 20.3. The SMILES string of the molecule is NC(N)=NCCC[C@H](N)C(=O)CC1CCC(Nc2cc(NC3CC3)c3ncc(C(=O)Nc4ccncc4F)n3n2)CC1. The molecule has 2 aliphatic rings. The summed E-state index contributed by atoms with van der Waals surface area (Å²) in [5, 5.41) is 14.3. The molecule has 42 heavy (non-hydrogen) atoms. The largest absolute Gasteiger partial charge is 0.379 e. The van der Waals surface area contributed by atoms with E-state index < -0.39 is 17.8 Å². The smallest absolute Gasteiger partial charge is 0.276 e. The lowest BCUT2D eigenvalue weighted by molar-refractivity contribution is -0.121. The van der Waals surface area contributed by atoms with Crippen molar-refractivity contribution in [1.82, 2.24) is 19.6 Å². The third kappa shape index (κ3) is 7.49. The van der Waals surface area contributed by atoms with E-state index in [4.69, 9.17) is 17.2 Å². The summed E-state index contributed by atoms with van der Waals surface area (Å²) in [7, 11) is 0. The zero-order chi connectivity index (χ0) is 29.6. The van der Waals surface area contributed by atoms with E-state index in [1.807, 2.05) is 6.07 Å². The Morgan fingerprint density at radius 1 is 1.07 bits per heavy atom. The van der Waals surface area contributed by atoms with E-state index in [2.05, 4.69) is 36.0 Å². The molecule has 3 heterocycles. The van der Waals surface area contributed by atoms with Gasteiger partial charge in [-0.3, -0.25) is 19.6 Å². The average molecular weight is 580 g/mol. The summed E-state index contributed by atoms with van der Waals surface area (Å²) in [6, 6.07) is 3.33. The summed E-state index contributed by atoms with van der Waals surface area (Å²) >= 11 is 0. The van der Waals surface area contributed by atoms with E-state index in [0.717, 1.165) is 50.4 Å². The van der Waals surface area contributed by atoms with Crippen molar-refractivity contribution in [3.05, 3.63) is 42.2 Å². The summed E-state index contributed by atoms with van der Waals surface area (Å²) in [6.07, 6.45) is 11.3. The molecular weight excluding hydrogens is 541 g/mol. The van der Waals surface area contributed by atoms with Crippen molar-refractivity contribution in [1.29, 1.82) is 0 Å². The molecule has 0 saturated heterocycles. The molecule has 1 atom stereocenters. The molecule has 3 aromatic heterocycles. The van der Waals surface area contributed by atoms with Crippen LogP contribution in [-0.4, -0.2) is 61.9 Å². The van der Waals surface area contributed by atoms with Crippen LogP contribution in [0.1, 0.15) is 68.3 Å². The molecule has 0 spiro atoms. The molecule has 13 nitrogen and oxygen atoms in total. The van der Waals surface area contributed by atoms with E-state index in [0.29, 0.717) is 49.2 Å². The number of ketones is 1. The van der Waals surface area contributed by atoms with Crippen LogP contribution in [0.2, 0.25) is 0 Å². The van der Waals surface area contributed by atoms with Crippen LogP contribution in [-0.2, 0) is 4.79 Å². The van der Waals surface area contributed by atoms with Gasteiger partial charge in [-0.1, -0.05) is 0 Å². The Hall–Kier alpha value is -4.33. The minimum absolute atomic E-state index is 0.0256. The molecule has 14 heteroatoms. The van der Waals surface area contributed by atoms with Crippen molar-refractivity contribution >= 4 is 40.5 Å². The number of nitrogens with zero attached hydrogens (tertiary/aromatic N) is 5. The van der Waals surface area contributed by atoms with E-state index >= 15 is 0 Å². The number of pyridine rings is 1.